The number of hydrogen-bond acceptors (Lipinski definition) is 4. The van der Waals surface area contributed by atoms with E-state index in [1.807, 2.05) is 0 Å². The summed E-state index contributed by atoms with van der Waals surface area (Å²) in [4.78, 5) is 37.1. The number of nitrogens with one attached hydrogen (secondary N) is 2. The van der Waals surface area contributed by atoms with Crippen molar-refractivity contribution in [3.05, 3.63) is 69.4 Å². The molecule has 3 N–H and O–H groups in total. The quantitative estimate of drug-likeness (QED) is 0.687. The molecule has 2 amide bonds. The molecule has 1 saturated carbocycles. The largest absolute Gasteiger partial charge is 0.396 e. The highest BCUT2D eigenvalue weighted by atomic mass is 19.1. The summed E-state index contributed by atoms with van der Waals surface area (Å²) in [5.41, 5.74) is -0.430. The minimum absolute atomic E-state index is 0.0127. The number of aliphatic hydroxyl groups is 1. The molecule has 1 fully saturated rings. The lowest BCUT2D eigenvalue weighted by atomic mass is 10.1. The Morgan fingerprint density at radius 3 is 2.67 bits per heavy atom. The third kappa shape index (κ3) is 4.06. The summed E-state index contributed by atoms with van der Waals surface area (Å²) in [6.07, 6.45) is 1.99. The normalized spacial score (nSPS) is 18.0. The molecule has 0 bridgehead atoms. The van der Waals surface area contributed by atoms with Gasteiger partial charge in [0, 0.05) is 37.4 Å². The van der Waals surface area contributed by atoms with Gasteiger partial charge in [0.25, 0.3) is 17.4 Å². The van der Waals surface area contributed by atoms with Crippen LogP contribution in [-0.4, -0.2) is 41.2 Å². The van der Waals surface area contributed by atoms with Crippen LogP contribution in [0.2, 0.25) is 0 Å². The first-order valence-corrected chi connectivity index (χ1v) is 8.56. The van der Waals surface area contributed by atoms with E-state index >= 15 is 0 Å². The third-order valence-corrected chi connectivity index (χ3v) is 4.59. The zero-order valence-corrected chi connectivity index (χ0v) is 14.7. The fourth-order valence-corrected chi connectivity index (χ4v) is 2.86. The number of aromatic nitrogens is 1. The minimum atomic E-state index is -0.628. The van der Waals surface area contributed by atoms with Gasteiger partial charge < -0.3 is 20.3 Å². The van der Waals surface area contributed by atoms with Crippen LogP contribution in [0.3, 0.4) is 0 Å². The molecule has 27 heavy (non-hydrogen) atoms. The van der Waals surface area contributed by atoms with Crippen molar-refractivity contribution in [1.82, 2.24) is 15.2 Å². The second-order valence-electron chi connectivity index (χ2n) is 6.50. The van der Waals surface area contributed by atoms with Gasteiger partial charge in [0.15, 0.2) is 0 Å². The summed E-state index contributed by atoms with van der Waals surface area (Å²) in [5, 5.41) is 14.2. The van der Waals surface area contributed by atoms with Gasteiger partial charge >= 0.3 is 0 Å². The second kappa shape index (κ2) is 7.71. The molecule has 3 rings (SSSR count). The molecule has 7 nitrogen and oxygen atoms in total. The maximum Gasteiger partial charge on any atom is 0.263 e. The van der Waals surface area contributed by atoms with Crippen LogP contribution < -0.4 is 16.2 Å². The Labute approximate surface area is 154 Å². The first-order chi connectivity index (χ1) is 12.9. The molecule has 1 heterocycles. The monoisotopic (exact) mass is 373 g/mol. The van der Waals surface area contributed by atoms with Gasteiger partial charge in [0.2, 0.25) is 0 Å². The number of carbonyl (C=O) groups excluding carboxylic acids is 2. The molecule has 0 aliphatic heterocycles. The highest BCUT2D eigenvalue weighted by molar-refractivity contribution is 5.99. The zero-order chi connectivity index (χ0) is 19.6. The van der Waals surface area contributed by atoms with E-state index in [9.17, 15) is 18.8 Å². The number of aliphatic hydroxyl groups excluding tert-OH is 1. The van der Waals surface area contributed by atoms with E-state index in [-0.39, 0.29) is 41.8 Å². The molecular weight excluding hydrogens is 353 g/mol. The van der Waals surface area contributed by atoms with Crippen LogP contribution in [0.4, 0.5) is 4.39 Å². The van der Waals surface area contributed by atoms with E-state index in [2.05, 4.69) is 10.6 Å². The Bertz CT molecular complexity index is 941. The van der Waals surface area contributed by atoms with Crippen molar-refractivity contribution in [2.24, 2.45) is 5.92 Å². The number of halogens is 1. The molecule has 142 valence electrons. The number of amides is 2. The van der Waals surface area contributed by atoms with Gasteiger partial charge in [-0.1, -0.05) is 18.2 Å². The van der Waals surface area contributed by atoms with Gasteiger partial charge in [-0.3, -0.25) is 14.4 Å². The van der Waals surface area contributed by atoms with Gasteiger partial charge in [-0.05, 0) is 18.6 Å². The summed E-state index contributed by atoms with van der Waals surface area (Å²) in [5.74, 6) is -1.54. The molecule has 2 aromatic rings. The van der Waals surface area contributed by atoms with E-state index in [0.29, 0.717) is 6.42 Å². The van der Waals surface area contributed by atoms with Crippen molar-refractivity contribution < 1.29 is 19.1 Å². The number of carbonyl (C=O) groups is 2. The molecule has 0 radical (unpaired) electrons. The van der Waals surface area contributed by atoms with Crippen molar-refractivity contribution in [1.29, 1.82) is 0 Å². The van der Waals surface area contributed by atoms with E-state index in [1.165, 1.54) is 37.5 Å². The number of benzene rings is 1. The topological polar surface area (TPSA) is 100 Å². The van der Waals surface area contributed by atoms with Crippen molar-refractivity contribution >= 4 is 11.8 Å². The molecule has 0 unspecified atom stereocenters. The Kier molecular flexibility index (Phi) is 5.36. The molecule has 8 heteroatoms. The van der Waals surface area contributed by atoms with E-state index < -0.39 is 23.2 Å². The second-order valence-corrected chi connectivity index (χ2v) is 6.50. The fourth-order valence-electron chi connectivity index (χ4n) is 2.86. The van der Waals surface area contributed by atoms with Crippen LogP contribution in [-0.2, 0) is 6.54 Å². The molecular formula is C19H20FN3O4. The lowest BCUT2D eigenvalue weighted by Gasteiger charge is -2.12. The first-order valence-electron chi connectivity index (χ1n) is 8.56. The number of rotatable bonds is 6. The van der Waals surface area contributed by atoms with Crippen LogP contribution in [0.25, 0.3) is 0 Å². The third-order valence-electron chi connectivity index (χ3n) is 4.59. The van der Waals surface area contributed by atoms with Crippen LogP contribution in [0, 0.1) is 11.7 Å². The minimum Gasteiger partial charge on any atom is -0.396 e. The Hall–Kier alpha value is -3.00. The molecule has 1 aromatic heterocycles. The highest BCUT2D eigenvalue weighted by Crippen LogP contribution is 2.29. The summed E-state index contributed by atoms with van der Waals surface area (Å²) in [7, 11) is 1.38. The molecule has 1 aromatic carbocycles. The molecule has 0 spiro atoms. The Morgan fingerprint density at radius 2 is 2.04 bits per heavy atom. The predicted molar refractivity (Wildman–Crippen MR) is 96.0 cm³/mol. The Balaban J connectivity index is 1.96. The van der Waals surface area contributed by atoms with Crippen molar-refractivity contribution in [3.8, 4) is 0 Å². The van der Waals surface area contributed by atoms with Crippen LogP contribution >= 0.6 is 0 Å². The van der Waals surface area contributed by atoms with E-state index in [0.717, 1.165) is 4.57 Å². The van der Waals surface area contributed by atoms with Crippen molar-refractivity contribution in [2.75, 3.05) is 13.7 Å². The summed E-state index contributed by atoms with van der Waals surface area (Å²) < 4.78 is 15.1. The summed E-state index contributed by atoms with van der Waals surface area (Å²) in [6.45, 7) is -0.124. The van der Waals surface area contributed by atoms with Gasteiger partial charge in [-0.15, -0.1) is 0 Å². The SMILES string of the molecule is CNC(=O)c1cc(C(=O)N[C@@H]2C[C@H]2CO)cn(Cc2ccccc2F)c1=O. The van der Waals surface area contributed by atoms with E-state index in [1.54, 1.807) is 6.07 Å². The average Bonchev–Trinajstić information content (AvgIpc) is 3.42. The summed E-state index contributed by atoms with van der Waals surface area (Å²) in [6, 6.07) is 7.09. The van der Waals surface area contributed by atoms with Crippen LogP contribution in [0.1, 0.15) is 32.7 Å². The predicted octanol–water partition coefficient (Wildman–Crippen LogP) is 0.506. The number of hydrogen-bond donors (Lipinski definition) is 3. The van der Waals surface area contributed by atoms with Crippen molar-refractivity contribution in [2.45, 2.75) is 19.0 Å². The maximum absolute atomic E-state index is 14.0. The number of nitrogens with zero attached hydrogens (tertiary/aromatic N) is 1. The van der Waals surface area contributed by atoms with Gasteiger partial charge in [0.05, 0.1) is 12.1 Å². The lowest BCUT2D eigenvalue weighted by Crippen LogP contribution is -2.34. The van der Waals surface area contributed by atoms with Crippen LogP contribution in [0.15, 0.2) is 41.3 Å². The smallest absolute Gasteiger partial charge is 0.263 e. The molecule has 0 saturated heterocycles. The standard InChI is InChI=1S/C19H20FN3O4/c1-21-18(26)14-6-12(17(25)22-16-7-13(16)10-24)9-23(19(14)27)8-11-4-2-3-5-15(11)20/h2-6,9,13,16,24H,7-8,10H2,1H3,(H,21,26)(H,22,25)/t13-,16+/m0/s1. The van der Waals surface area contributed by atoms with Gasteiger partial charge in [0.1, 0.15) is 11.4 Å². The van der Waals surface area contributed by atoms with Crippen LogP contribution in [0.5, 0.6) is 0 Å². The maximum atomic E-state index is 14.0. The van der Waals surface area contributed by atoms with Crippen molar-refractivity contribution in [3.63, 3.8) is 0 Å². The molecule has 1 aliphatic carbocycles. The fraction of sp³-hybridized carbons (Fsp3) is 0.316. The molecule has 2 atom stereocenters. The molecule has 1 aliphatic rings. The Morgan fingerprint density at radius 1 is 1.30 bits per heavy atom. The number of pyridine rings is 1. The average molecular weight is 373 g/mol. The van der Waals surface area contributed by atoms with Gasteiger partial charge in [-0.25, -0.2) is 4.39 Å². The highest BCUT2D eigenvalue weighted by Gasteiger charge is 2.37. The van der Waals surface area contributed by atoms with Gasteiger partial charge in [-0.2, -0.15) is 0 Å². The summed E-state index contributed by atoms with van der Waals surface area (Å²) >= 11 is 0. The lowest BCUT2D eigenvalue weighted by molar-refractivity contribution is 0.0946. The van der Waals surface area contributed by atoms with E-state index in [4.69, 9.17) is 5.11 Å². The zero-order valence-electron chi connectivity index (χ0n) is 14.7. The first kappa shape index (κ1) is 18.8.